The summed E-state index contributed by atoms with van der Waals surface area (Å²) >= 11 is 0. The van der Waals surface area contributed by atoms with Crippen molar-refractivity contribution in [3.63, 3.8) is 0 Å². The molecule has 192 valence electrons. The van der Waals surface area contributed by atoms with Gasteiger partial charge in [0.05, 0.1) is 17.9 Å². The minimum Gasteiger partial charge on any atom is -0.431 e. The van der Waals surface area contributed by atoms with Gasteiger partial charge in [0.15, 0.2) is 0 Å². The lowest BCUT2D eigenvalue weighted by atomic mass is 9.43. The third-order valence-corrected chi connectivity index (χ3v) is 11.7. The molecule has 6 rings (SSSR count). The van der Waals surface area contributed by atoms with Crippen molar-refractivity contribution in [1.29, 1.82) is 0 Å². The smallest absolute Gasteiger partial charge is 0.335 e. The largest absolute Gasteiger partial charge is 0.431 e. The fraction of sp³-hybridized carbons (Fsp3) is 0.793. The van der Waals surface area contributed by atoms with E-state index in [-0.39, 0.29) is 34.3 Å². The van der Waals surface area contributed by atoms with Crippen LogP contribution in [0.2, 0.25) is 0 Å². The van der Waals surface area contributed by atoms with Gasteiger partial charge in [-0.25, -0.2) is 4.79 Å². The molecule has 9 atom stereocenters. The molecule has 6 heteroatoms. The van der Waals surface area contributed by atoms with Crippen molar-refractivity contribution >= 4 is 5.91 Å². The molecule has 0 radical (unpaired) electrons. The topological polar surface area (TPSA) is 91.6 Å². The highest BCUT2D eigenvalue weighted by Gasteiger charge is 2.67. The van der Waals surface area contributed by atoms with Crippen LogP contribution in [0.1, 0.15) is 96.0 Å². The molecule has 35 heavy (non-hydrogen) atoms. The Morgan fingerprint density at radius 1 is 1.06 bits per heavy atom. The maximum absolute atomic E-state index is 12.7. The Labute approximate surface area is 208 Å². The van der Waals surface area contributed by atoms with Crippen molar-refractivity contribution in [3.8, 4) is 0 Å². The van der Waals surface area contributed by atoms with Crippen LogP contribution in [0.25, 0.3) is 0 Å². The van der Waals surface area contributed by atoms with E-state index in [1.54, 1.807) is 6.26 Å². The summed E-state index contributed by atoms with van der Waals surface area (Å²) in [6, 6.07) is 3.72. The Balaban J connectivity index is 1.19. The van der Waals surface area contributed by atoms with Crippen LogP contribution in [0.5, 0.6) is 0 Å². The first-order chi connectivity index (χ1) is 16.7. The van der Waals surface area contributed by atoms with Gasteiger partial charge in [0, 0.05) is 17.5 Å². The predicted molar refractivity (Wildman–Crippen MR) is 134 cm³/mol. The van der Waals surface area contributed by atoms with Crippen LogP contribution in [0.3, 0.4) is 0 Å². The Kier molecular flexibility index (Phi) is 5.72. The second-order valence-corrected chi connectivity index (χ2v) is 13.0. The van der Waals surface area contributed by atoms with Crippen molar-refractivity contribution in [2.24, 2.45) is 28.6 Å². The van der Waals surface area contributed by atoms with E-state index < -0.39 is 5.60 Å². The van der Waals surface area contributed by atoms with Crippen LogP contribution in [0.4, 0.5) is 0 Å². The summed E-state index contributed by atoms with van der Waals surface area (Å²) in [7, 11) is 0. The van der Waals surface area contributed by atoms with Gasteiger partial charge in [-0.2, -0.15) is 0 Å². The Morgan fingerprint density at radius 2 is 1.91 bits per heavy atom. The molecule has 0 aromatic carbocycles. The SMILES string of the molecule is C[C@]12CCC(NC(=O)[C@H]3CCCN3)C[C@H]1CC[C@@H]1[C@@H]2CC[C@]2(C)[C@@H](c3ccc(=O)oc3)CC[C@]12O. The maximum Gasteiger partial charge on any atom is 0.335 e. The van der Waals surface area contributed by atoms with E-state index in [2.05, 4.69) is 24.5 Å². The van der Waals surface area contributed by atoms with Crippen LogP contribution >= 0.6 is 0 Å². The number of nitrogens with one attached hydrogen (secondary N) is 2. The molecule has 0 bridgehead atoms. The number of hydrogen-bond acceptors (Lipinski definition) is 5. The van der Waals surface area contributed by atoms with E-state index in [0.717, 1.165) is 82.7 Å². The monoisotopic (exact) mass is 482 g/mol. The van der Waals surface area contributed by atoms with Crippen LogP contribution in [-0.4, -0.2) is 35.2 Å². The summed E-state index contributed by atoms with van der Waals surface area (Å²) in [5.41, 5.74) is 0.147. The summed E-state index contributed by atoms with van der Waals surface area (Å²) in [6.45, 7) is 5.74. The van der Waals surface area contributed by atoms with E-state index in [1.165, 1.54) is 6.07 Å². The highest BCUT2D eigenvalue weighted by atomic mass is 16.4. The molecule has 4 aliphatic carbocycles. The van der Waals surface area contributed by atoms with E-state index >= 15 is 0 Å². The van der Waals surface area contributed by atoms with E-state index in [9.17, 15) is 14.7 Å². The standard InChI is InChI=1S/C29H42N2O4/c1-27-12-9-20(31-26(33)24-4-3-15-30-24)16-19(27)6-7-23-22(27)10-13-28(2)21(11-14-29(23,28)34)18-5-8-25(32)35-17-18/h5,8,17,19-24,30,34H,3-4,6-7,9-16H2,1-2H3,(H,31,33)/t19-,20?,21-,22+,23-,24-,27+,28-,29+/m1/s1. The van der Waals surface area contributed by atoms with E-state index in [0.29, 0.717) is 23.8 Å². The van der Waals surface area contributed by atoms with Gasteiger partial charge < -0.3 is 20.2 Å². The Morgan fingerprint density at radius 3 is 2.66 bits per heavy atom. The molecule has 1 amide bonds. The molecule has 5 aliphatic rings. The average molecular weight is 483 g/mol. The zero-order chi connectivity index (χ0) is 24.4. The fourth-order valence-electron chi connectivity index (χ4n) is 9.67. The molecule has 6 nitrogen and oxygen atoms in total. The second-order valence-electron chi connectivity index (χ2n) is 13.0. The third-order valence-electron chi connectivity index (χ3n) is 11.7. The highest BCUT2D eigenvalue weighted by molar-refractivity contribution is 5.82. The van der Waals surface area contributed by atoms with Crippen LogP contribution in [0.15, 0.2) is 27.6 Å². The first-order valence-corrected chi connectivity index (χ1v) is 14.1. The van der Waals surface area contributed by atoms with Crippen LogP contribution in [-0.2, 0) is 4.79 Å². The summed E-state index contributed by atoms with van der Waals surface area (Å²) in [6.07, 6.45) is 13.1. The molecule has 5 fully saturated rings. The average Bonchev–Trinajstić information content (AvgIpc) is 3.47. The molecule has 1 unspecified atom stereocenters. The van der Waals surface area contributed by atoms with Gasteiger partial charge in [-0.05, 0) is 118 Å². The van der Waals surface area contributed by atoms with Crippen molar-refractivity contribution in [1.82, 2.24) is 10.6 Å². The number of hydrogen-bond donors (Lipinski definition) is 3. The van der Waals surface area contributed by atoms with Gasteiger partial charge in [-0.3, -0.25) is 4.79 Å². The first kappa shape index (κ1) is 23.7. The van der Waals surface area contributed by atoms with E-state index in [4.69, 9.17) is 4.42 Å². The van der Waals surface area contributed by atoms with Crippen LogP contribution in [0, 0.1) is 28.6 Å². The molecular weight excluding hydrogens is 440 g/mol. The van der Waals surface area contributed by atoms with Gasteiger partial charge in [-0.15, -0.1) is 0 Å². The van der Waals surface area contributed by atoms with Crippen molar-refractivity contribution in [2.45, 2.75) is 108 Å². The molecule has 4 saturated carbocycles. The number of rotatable bonds is 3. The summed E-state index contributed by atoms with van der Waals surface area (Å²) in [5.74, 6) is 1.92. The predicted octanol–water partition coefficient (Wildman–Crippen LogP) is 4.12. The number of amides is 1. The molecule has 0 spiro atoms. The maximum atomic E-state index is 12.7. The van der Waals surface area contributed by atoms with Crippen LogP contribution < -0.4 is 16.3 Å². The highest BCUT2D eigenvalue weighted by Crippen LogP contribution is 2.70. The lowest BCUT2D eigenvalue weighted by Gasteiger charge is -2.63. The Bertz CT molecular complexity index is 1010. The lowest BCUT2D eigenvalue weighted by molar-refractivity contribution is -0.202. The molecule has 1 aromatic rings. The van der Waals surface area contributed by atoms with Gasteiger partial charge in [0.2, 0.25) is 5.91 Å². The van der Waals surface area contributed by atoms with Gasteiger partial charge >= 0.3 is 5.63 Å². The number of carbonyl (C=O) groups excluding carboxylic acids is 1. The molecule has 3 N–H and O–H groups in total. The second kappa shape index (κ2) is 8.44. The van der Waals surface area contributed by atoms with Crippen molar-refractivity contribution in [3.05, 3.63) is 34.4 Å². The minimum absolute atomic E-state index is 0.00253. The fourth-order valence-corrected chi connectivity index (χ4v) is 9.67. The quantitative estimate of drug-likeness (QED) is 0.603. The molecule has 2 heterocycles. The number of fused-ring (bicyclic) bond motifs is 5. The molecular formula is C29H42N2O4. The summed E-state index contributed by atoms with van der Waals surface area (Å²) in [4.78, 5) is 24.2. The first-order valence-electron chi connectivity index (χ1n) is 14.1. The van der Waals surface area contributed by atoms with Gasteiger partial charge in [0.25, 0.3) is 0 Å². The molecule has 1 aliphatic heterocycles. The third kappa shape index (κ3) is 3.57. The number of carbonyl (C=O) groups is 1. The van der Waals surface area contributed by atoms with E-state index in [1.807, 2.05) is 6.07 Å². The van der Waals surface area contributed by atoms with Gasteiger partial charge in [0.1, 0.15) is 0 Å². The molecule has 1 aromatic heterocycles. The summed E-state index contributed by atoms with van der Waals surface area (Å²) < 4.78 is 5.22. The van der Waals surface area contributed by atoms with Gasteiger partial charge in [-0.1, -0.05) is 13.8 Å². The number of aliphatic hydroxyl groups is 1. The Hall–Kier alpha value is -1.66. The zero-order valence-corrected chi connectivity index (χ0v) is 21.4. The summed E-state index contributed by atoms with van der Waals surface area (Å²) in [5, 5.41) is 19.1. The lowest BCUT2D eigenvalue weighted by Crippen LogP contribution is -2.62. The molecule has 1 saturated heterocycles. The van der Waals surface area contributed by atoms with Crippen molar-refractivity contribution in [2.75, 3.05) is 6.54 Å². The zero-order valence-electron chi connectivity index (χ0n) is 21.4. The van der Waals surface area contributed by atoms with Crippen molar-refractivity contribution < 1.29 is 14.3 Å². The minimum atomic E-state index is -0.663. The normalized spacial score (nSPS) is 46.9.